The first-order valence-corrected chi connectivity index (χ1v) is 6.38. The highest BCUT2D eigenvalue weighted by molar-refractivity contribution is 5.59. The molecular weight excluding hydrogens is 248 g/mol. The van der Waals surface area contributed by atoms with E-state index < -0.39 is 0 Å². The molecule has 0 bridgehead atoms. The van der Waals surface area contributed by atoms with E-state index in [4.69, 9.17) is 0 Å². The molecule has 0 aliphatic carbocycles. The predicted molar refractivity (Wildman–Crippen MR) is 81.5 cm³/mol. The van der Waals surface area contributed by atoms with E-state index in [2.05, 4.69) is 20.8 Å². The fourth-order valence-electron chi connectivity index (χ4n) is 1.80. The lowest BCUT2D eigenvalue weighted by atomic mass is 10.3. The van der Waals surface area contributed by atoms with Gasteiger partial charge in [0.1, 0.15) is 0 Å². The SMILES string of the molecule is c1ccc(Nc2ccc(Nc3ccccc3)nn2)cc1. The third kappa shape index (κ3) is 3.11. The van der Waals surface area contributed by atoms with E-state index in [1.54, 1.807) is 0 Å². The summed E-state index contributed by atoms with van der Waals surface area (Å²) >= 11 is 0. The van der Waals surface area contributed by atoms with Crippen molar-refractivity contribution >= 4 is 23.0 Å². The second kappa shape index (κ2) is 5.84. The number of nitrogens with zero attached hydrogens (tertiary/aromatic N) is 2. The zero-order chi connectivity index (χ0) is 13.6. The highest BCUT2D eigenvalue weighted by Gasteiger charge is 1.98. The number of aromatic nitrogens is 2. The maximum atomic E-state index is 4.15. The molecule has 1 aromatic heterocycles. The number of para-hydroxylation sites is 2. The Morgan fingerprint density at radius 3 is 1.25 bits per heavy atom. The average molecular weight is 262 g/mol. The van der Waals surface area contributed by atoms with Crippen LogP contribution in [0.15, 0.2) is 72.8 Å². The van der Waals surface area contributed by atoms with E-state index >= 15 is 0 Å². The van der Waals surface area contributed by atoms with Crippen LogP contribution in [-0.4, -0.2) is 10.2 Å². The van der Waals surface area contributed by atoms with Crippen LogP contribution in [0.2, 0.25) is 0 Å². The van der Waals surface area contributed by atoms with Crippen molar-refractivity contribution in [3.05, 3.63) is 72.8 Å². The summed E-state index contributed by atoms with van der Waals surface area (Å²) in [5, 5.41) is 14.7. The smallest absolute Gasteiger partial charge is 0.153 e. The first kappa shape index (κ1) is 12.2. The monoisotopic (exact) mass is 262 g/mol. The van der Waals surface area contributed by atoms with Gasteiger partial charge in [0.25, 0.3) is 0 Å². The lowest BCUT2D eigenvalue weighted by Crippen LogP contribution is -1.98. The molecule has 0 spiro atoms. The molecule has 4 heteroatoms. The van der Waals surface area contributed by atoms with E-state index in [0.29, 0.717) is 0 Å². The van der Waals surface area contributed by atoms with Crippen LogP contribution in [0.1, 0.15) is 0 Å². The van der Waals surface area contributed by atoms with Crippen molar-refractivity contribution in [3.63, 3.8) is 0 Å². The molecule has 0 saturated carbocycles. The van der Waals surface area contributed by atoms with Crippen molar-refractivity contribution in [2.75, 3.05) is 10.6 Å². The van der Waals surface area contributed by atoms with Gasteiger partial charge in [-0.2, -0.15) is 0 Å². The Kier molecular flexibility index (Phi) is 3.55. The standard InChI is InChI=1S/C16H14N4/c1-3-7-13(8-4-1)17-15-11-12-16(20-19-15)18-14-9-5-2-6-10-14/h1-12H,(H,17,19)(H,18,20). The second-order valence-electron chi connectivity index (χ2n) is 4.29. The number of anilines is 4. The van der Waals surface area contributed by atoms with E-state index in [-0.39, 0.29) is 0 Å². The Morgan fingerprint density at radius 1 is 0.500 bits per heavy atom. The molecule has 0 amide bonds. The molecular formula is C16H14N4. The van der Waals surface area contributed by atoms with Gasteiger partial charge in [0, 0.05) is 11.4 Å². The van der Waals surface area contributed by atoms with Crippen LogP contribution in [0.4, 0.5) is 23.0 Å². The molecule has 98 valence electrons. The highest BCUT2D eigenvalue weighted by Crippen LogP contribution is 2.16. The number of benzene rings is 2. The Labute approximate surface area is 117 Å². The summed E-state index contributed by atoms with van der Waals surface area (Å²) in [6.07, 6.45) is 0. The van der Waals surface area contributed by atoms with E-state index in [1.807, 2.05) is 72.8 Å². The molecule has 0 fully saturated rings. The van der Waals surface area contributed by atoms with Crippen LogP contribution >= 0.6 is 0 Å². The Bertz CT molecular complexity index is 591. The topological polar surface area (TPSA) is 49.8 Å². The minimum absolute atomic E-state index is 0.717. The maximum absolute atomic E-state index is 4.15. The second-order valence-corrected chi connectivity index (χ2v) is 4.29. The fourth-order valence-corrected chi connectivity index (χ4v) is 1.80. The zero-order valence-electron chi connectivity index (χ0n) is 10.8. The van der Waals surface area contributed by atoms with Gasteiger partial charge in [0.15, 0.2) is 11.6 Å². The lowest BCUT2D eigenvalue weighted by Gasteiger charge is -2.07. The first-order chi connectivity index (χ1) is 9.90. The minimum Gasteiger partial charge on any atom is -0.339 e. The van der Waals surface area contributed by atoms with Crippen LogP contribution in [0.25, 0.3) is 0 Å². The van der Waals surface area contributed by atoms with Crippen molar-refractivity contribution in [3.8, 4) is 0 Å². The van der Waals surface area contributed by atoms with Crippen LogP contribution in [0, 0.1) is 0 Å². The molecule has 0 aliphatic heterocycles. The van der Waals surface area contributed by atoms with Gasteiger partial charge in [-0.05, 0) is 36.4 Å². The molecule has 3 rings (SSSR count). The molecule has 0 atom stereocenters. The van der Waals surface area contributed by atoms with Crippen LogP contribution in [0.5, 0.6) is 0 Å². The van der Waals surface area contributed by atoms with Crippen molar-refractivity contribution in [1.82, 2.24) is 10.2 Å². The molecule has 20 heavy (non-hydrogen) atoms. The molecule has 2 aromatic carbocycles. The molecule has 0 unspecified atom stereocenters. The van der Waals surface area contributed by atoms with Gasteiger partial charge >= 0.3 is 0 Å². The Morgan fingerprint density at radius 2 is 0.900 bits per heavy atom. The van der Waals surface area contributed by atoms with Gasteiger partial charge in [-0.25, -0.2) is 0 Å². The molecule has 4 nitrogen and oxygen atoms in total. The average Bonchev–Trinajstić information content (AvgIpc) is 2.51. The number of hydrogen-bond acceptors (Lipinski definition) is 4. The lowest BCUT2D eigenvalue weighted by molar-refractivity contribution is 1.04. The number of nitrogens with one attached hydrogen (secondary N) is 2. The minimum atomic E-state index is 0.717. The van der Waals surface area contributed by atoms with Crippen LogP contribution in [-0.2, 0) is 0 Å². The quantitative estimate of drug-likeness (QED) is 0.747. The van der Waals surface area contributed by atoms with Crippen LogP contribution < -0.4 is 10.6 Å². The summed E-state index contributed by atoms with van der Waals surface area (Å²) in [5.74, 6) is 1.43. The van der Waals surface area contributed by atoms with E-state index in [1.165, 1.54) is 0 Å². The van der Waals surface area contributed by atoms with Crippen molar-refractivity contribution < 1.29 is 0 Å². The molecule has 2 N–H and O–H groups in total. The van der Waals surface area contributed by atoms with Gasteiger partial charge in [-0.3, -0.25) is 0 Å². The Hall–Kier alpha value is -2.88. The summed E-state index contributed by atoms with van der Waals surface area (Å²) in [6, 6.07) is 23.6. The highest BCUT2D eigenvalue weighted by atomic mass is 15.2. The maximum Gasteiger partial charge on any atom is 0.153 e. The van der Waals surface area contributed by atoms with Gasteiger partial charge in [-0.15, -0.1) is 10.2 Å². The summed E-state index contributed by atoms with van der Waals surface area (Å²) in [6.45, 7) is 0. The normalized spacial score (nSPS) is 10.0. The van der Waals surface area contributed by atoms with Crippen LogP contribution in [0.3, 0.4) is 0 Å². The molecule has 0 saturated heterocycles. The van der Waals surface area contributed by atoms with E-state index in [0.717, 1.165) is 23.0 Å². The molecule has 3 aromatic rings. The summed E-state index contributed by atoms with van der Waals surface area (Å²) in [7, 11) is 0. The summed E-state index contributed by atoms with van der Waals surface area (Å²) < 4.78 is 0. The number of hydrogen-bond donors (Lipinski definition) is 2. The van der Waals surface area contributed by atoms with Gasteiger partial charge in [0.2, 0.25) is 0 Å². The zero-order valence-corrected chi connectivity index (χ0v) is 10.8. The Balaban J connectivity index is 1.69. The first-order valence-electron chi connectivity index (χ1n) is 6.38. The van der Waals surface area contributed by atoms with Crippen molar-refractivity contribution in [1.29, 1.82) is 0 Å². The van der Waals surface area contributed by atoms with Crippen molar-refractivity contribution in [2.45, 2.75) is 0 Å². The molecule has 0 aliphatic rings. The summed E-state index contributed by atoms with van der Waals surface area (Å²) in [4.78, 5) is 0. The predicted octanol–water partition coefficient (Wildman–Crippen LogP) is 3.96. The van der Waals surface area contributed by atoms with Gasteiger partial charge < -0.3 is 10.6 Å². The third-order valence-corrected chi connectivity index (χ3v) is 2.76. The largest absolute Gasteiger partial charge is 0.339 e. The fraction of sp³-hybridized carbons (Fsp3) is 0. The molecule has 0 radical (unpaired) electrons. The third-order valence-electron chi connectivity index (χ3n) is 2.76. The van der Waals surface area contributed by atoms with E-state index in [9.17, 15) is 0 Å². The molecule has 1 heterocycles. The summed E-state index contributed by atoms with van der Waals surface area (Å²) in [5.41, 5.74) is 1.98. The van der Waals surface area contributed by atoms with Crippen molar-refractivity contribution in [2.24, 2.45) is 0 Å². The number of rotatable bonds is 4. The van der Waals surface area contributed by atoms with Gasteiger partial charge in [-0.1, -0.05) is 36.4 Å². The van der Waals surface area contributed by atoms with Gasteiger partial charge in [0.05, 0.1) is 0 Å².